The molecule has 0 saturated carbocycles. The SMILES string of the molecule is CCC(NC1CCC(C)c2ccccc21)C(C)C. The molecule has 0 aromatic heterocycles. The van der Waals surface area contributed by atoms with Crippen LogP contribution in [-0.4, -0.2) is 6.04 Å². The van der Waals surface area contributed by atoms with Crippen LogP contribution in [-0.2, 0) is 0 Å². The largest absolute Gasteiger partial charge is 0.307 e. The van der Waals surface area contributed by atoms with Gasteiger partial charge in [0.2, 0.25) is 0 Å². The van der Waals surface area contributed by atoms with E-state index in [0.717, 1.165) is 5.92 Å². The summed E-state index contributed by atoms with van der Waals surface area (Å²) in [7, 11) is 0. The molecule has 0 bridgehead atoms. The second-order valence-corrected chi connectivity index (χ2v) is 6.09. The maximum atomic E-state index is 3.88. The Hall–Kier alpha value is -0.820. The van der Waals surface area contributed by atoms with Crippen LogP contribution in [0, 0.1) is 5.92 Å². The van der Waals surface area contributed by atoms with Gasteiger partial charge in [0.25, 0.3) is 0 Å². The van der Waals surface area contributed by atoms with E-state index < -0.39 is 0 Å². The molecule has 1 aliphatic rings. The number of rotatable bonds is 4. The molecule has 1 aliphatic carbocycles. The highest BCUT2D eigenvalue weighted by molar-refractivity contribution is 5.35. The Labute approximate surface area is 112 Å². The van der Waals surface area contributed by atoms with Crippen molar-refractivity contribution in [3.8, 4) is 0 Å². The lowest BCUT2D eigenvalue weighted by molar-refractivity contribution is 0.318. The maximum absolute atomic E-state index is 3.88. The number of nitrogens with one attached hydrogen (secondary N) is 1. The summed E-state index contributed by atoms with van der Waals surface area (Å²) in [6.45, 7) is 9.28. The van der Waals surface area contributed by atoms with E-state index in [-0.39, 0.29) is 0 Å². The minimum Gasteiger partial charge on any atom is -0.307 e. The zero-order valence-corrected chi connectivity index (χ0v) is 12.2. The molecule has 100 valence electrons. The van der Waals surface area contributed by atoms with Gasteiger partial charge >= 0.3 is 0 Å². The third-order valence-electron chi connectivity index (χ3n) is 4.45. The van der Waals surface area contributed by atoms with Crippen LogP contribution in [0.5, 0.6) is 0 Å². The first-order valence-corrected chi connectivity index (χ1v) is 7.48. The molecule has 0 amide bonds. The molecule has 0 fully saturated rings. The highest BCUT2D eigenvalue weighted by Crippen LogP contribution is 2.37. The average molecular weight is 245 g/mol. The first-order chi connectivity index (χ1) is 8.63. The van der Waals surface area contributed by atoms with E-state index in [2.05, 4.69) is 57.3 Å². The Bertz CT molecular complexity index is 383. The van der Waals surface area contributed by atoms with Crippen LogP contribution in [0.25, 0.3) is 0 Å². The van der Waals surface area contributed by atoms with Crippen molar-refractivity contribution < 1.29 is 0 Å². The minimum absolute atomic E-state index is 0.560. The summed E-state index contributed by atoms with van der Waals surface area (Å²) < 4.78 is 0. The van der Waals surface area contributed by atoms with Crippen molar-refractivity contribution in [3.63, 3.8) is 0 Å². The lowest BCUT2D eigenvalue weighted by Crippen LogP contribution is -2.38. The third kappa shape index (κ3) is 2.77. The van der Waals surface area contributed by atoms with Gasteiger partial charge in [0.15, 0.2) is 0 Å². The van der Waals surface area contributed by atoms with Crippen molar-refractivity contribution in [2.75, 3.05) is 0 Å². The molecule has 3 unspecified atom stereocenters. The highest BCUT2D eigenvalue weighted by atomic mass is 15.0. The van der Waals surface area contributed by atoms with Crippen LogP contribution in [0.2, 0.25) is 0 Å². The predicted molar refractivity (Wildman–Crippen MR) is 78.9 cm³/mol. The second kappa shape index (κ2) is 5.88. The van der Waals surface area contributed by atoms with Crippen molar-refractivity contribution >= 4 is 0 Å². The average Bonchev–Trinajstić information content (AvgIpc) is 2.38. The summed E-state index contributed by atoms with van der Waals surface area (Å²) >= 11 is 0. The molecular formula is C17H27N. The number of hydrogen-bond acceptors (Lipinski definition) is 1. The van der Waals surface area contributed by atoms with E-state index in [4.69, 9.17) is 0 Å². The zero-order chi connectivity index (χ0) is 13.1. The van der Waals surface area contributed by atoms with Crippen molar-refractivity contribution in [2.45, 2.75) is 65.0 Å². The van der Waals surface area contributed by atoms with Gasteiger partial charge in [0, 0.05) is 12.1 Å². The molecule has 0 aliphatic heterocycles. The van der Waals surface area contributed by atoms with Gasteiger partial charge in [-0.15, -0.1) is 0 Å². The topological polar surface area (TPSA) is 12.0 Å². The molecule has 3 atom stereocenters. The molecule has 1 heteroatoms. The van der Waals surface area contributed by atoms with Crippen LogP contribution in [0.15, 0.2) is 24.3 Å². The highest BCUT2D eigenvalue weighted by Gasteiger charge is 2.26. The van der Waals surface area contributed by atoms with Gasteiger partial charge in [-0.1, -0.05) is 52.0 Å². The summed E-state index contributed by atoms with van der Waals surface area (Å²) in [5.74, 6) is 1.43. The van der Waals surface area contributed by atoms with Crippen molar-refractivity contribution in [1.82, 2.24) is 5.32 Å². The van der Waals surface area contributed by atoms with Crippen LogP contribution in [0.3, 0.4) is 0 Å². The zero-order valence-electron chi connectivity index (χ0n) is 12.2. The van der Waals surface area contributed by atoms with Gasteiger partial charge in [0.05, 0.1) is 0 Å². The van der Waals surface area contributed by atoms with Gasteiger partial charge < -0.3 is 5.32 Å². The molecule has 0 radical (unpaired) electrons. The standard InChI is InChI=1S/C17H27N/c1-5-16(12(2)3)18-17-11-10-13(4)14-8-6-7-9-15(14)17/h6-9,12-13,16-18H,5,10-11H2,1-4H3. The molecule has 1 aromatic rings. The van der Waals surface area contributed by atoms with Crippen molar-refractivity contribution in [3.05, 3.63) is 35.4 Å². The van der Waals surface area contributed by atoms with Crippen LogP contribution in [0.1, 0.15) is 70.0 Å². The van der Waals surface area contributed by atoms with Crippen LogP contribution < -0.4 is 5.32 Å². The van der Waals surface area contributed by atoms with Gasteiger partial charge in [-0.25, -0.2) is 0 Å². The summed E-state index contributed by atoms with van der Waals surface area (Å²) in [6.07, 6.45) is 3.80. The van der Waals surface area contributed by atoms with Gasteiger partial charge in [-0.05, 0) is 42.2 Å². The smallest absolute Gasteiger partial charge is 0.0325 e. The molecule has 2 rings (SSSR count). The first kappa shape index (κ1) is 13.6. The number of benzene rings is 1. The molecule has 1 aromatic carbocycles. The Morgan fingerprint density at radius 2 is 1.83 bits per heavy atom. The number of fused-ring (bicyclic) bond motifs is 1. The minimum atomic E-state index is 0.560. The Morgan fingerprint density at radius 3 is 2.44 bits per heavy atom. The van der Waals surface area contributed by atoms with E-state index in [1.54, 1.807) is 5.56 Å². The van der Waals surface area contributed by atoms with Crippen LogP contribution in [0.4, 0.5) is 0 Å². The molecule has 18 heavy (non-hydrogen) atoms. The number of hydrogen-bond donors (Lipinski definition) is 1. The second-order valence-electron chi connectivity index (χ2n) is 6.09. The van der Waals surface area contributed by atoms with Gasteiger partial charge in [-0.2, -0.15) is 0 Å². The van der Waals surface area contributed by atoms with Gasteiger partial charge in [-0.3, -0.25) is 0 Å². The lowest BCUT2D eigenvalue weighted by atomic mass is 9.80. The Morgan fingerprint density at radius 1 is 1.17 bits per heavy atom. The van der Waals surface area contributed by atoms with Crippen molar-refractivity contribution in [2.24, 2.45) is 5.92 Å². The maximum Gasteiger partial charge on any atom is 0.0325 e. The summed E-state index contributed by atoms with van der Waals surface area (Å²) in [6, 6.07) is 10.2. The molecule has 1 N–H and O–H groups in total. The predicted octanol–water partition coefficient (Wildman–Crippen LogP) is 4.65. The van der Waals surface area contributed by atoms with E-state index >= 15 is 0 Å². The normalized spacial score (nSPS) is 24.9. The summed E-state index contributed by atoms with van der Waals surface area (Å²) in [4.78, 5) is 0. The molecule has 0 spiro atoms. The summed E-state index contributed by atoms with van der Waals surface area (Å²) in [5, 5.41) is 3.88. The van der Waals surface area contributed by atoms with Crippen LogP contribution >= 0.6 is 0 Å². The molecular weight excluding hydrogens is 218 g/mol. The van der Waals surface area contributed by atoms with E-state index in [9.17, 15) is 0 Å². The van der Waals surface area contributed by atoms with Gasteiger partial charge in [0.1, 0.15) is 0 Å². The Kier molecular flexibility index (Phi) is 4.45. The fraction of sp³-hybridized carbons (Fsp3) is 0.647. The molecule has 0 heterocycles. The fourth-order valence-electron chi connectivity index (χ4n) is 3.22. The van der Waals surface area contributed by atoms with E-state index in [1.807, 2.05) is 0 Å². The van der Waals surface area contributed by atoms with E-state index in [0.29, 0.717) is 18.0 Å². The first-order valence-electron chi connectivity index (χ1n) is 7.48. The van der Waals surface area contributed by atoms with Crippen molar-refractivity contribution in [1.29, 1.82) is 0 Å². The molecule has 0 saturated heterocycles. The molecule has 1 nitrogen and oxygen atoms in total. The quantitative estimate of drug-likeness (QED) is 0.814. The Balaban J connectivity index is 2.18. The van der Waals surface area contributed by atoms with E-state index in [1.165, 1.54) is 24.8 Å². The fourth-order valence-corrected chi connectivity index (χ4v) is 3.22. The monoisotopic (exact) mass is 245 g/mol. The lowest BCUT2D eigenvalue weighted by Gasteiger charge is -2.34. The third-order valence-corrected chi connectivity index (χ3v) is 4.45. The summed E-state index contributed by atoms with van der Waals surface area (Å²) in [5.41, 5.74) is 3.09.